The highest BCUT2D eigenvalue weighted by Gasteiger charge is 2.27. The van der Waals surface area contributed by atoms with Gasteiger partial charge < -0.3 is 24.8 Å². The Kier molecular flexibility index (Phi) is 7.47. The number of likely N-dealkylation sites (tertiary alicyclic amines) is 1. The normalized spacial score (nSPS) is 20.5. The lowest BCUT2D eigenvalue weighted by atomic mass is 10.0. The second kappa shape index (κ2) is 9.82. The van der Waals surface area contributed by atoms with Crippen molar-refractivity contribution in [2.45, 2.75) is 32.7 Å². The van der Waals surface area contributed by atoms with Crippen molar-refractivity contribution in [1.82, 2.24) is 4.90 Å². The lowest BCUT2D eigenvalue weighted by Gasteiger charge is -2.36. The summed E-state index contributed by atoms with van der Waals surface area (Å²) in [6, 6.07) is 7.28. The van der Waals surface area contributed by atoms with Gasteiger partial charge in [0.2, 0.25) is 0 Å². The van der Waals surface area contributed by atoms with Crippen LogP contribution in [0.15, 0.2) is 18.2 Å². The molecule has 150 valence electrons. The summed E-state index contributed by atoms with van der Waals surface area (Å²) in [7, 11) is 2.37. The Balaban J connectivity index is 1.41. The first kappa shape index (κ1) is 20.5. The number of nitrogens with zero attached hydrogens (tertiary/aromatic N) is 1. The summed E-state index contributed by atoms with van der Waals surface area (Å²) in [6.07, 6.45) is 2.44. The van der Waals surface area contributed by atoms with Gasteiger partial charge in [-0.1, -0.05) is 6.07 Å². The third-order valence-electron chi connectivity index (χ3n) is 6.02. The van der Waals surface area contributed by atoms with Gasteiger partial charge in [0.1, 0.15) is 26.2 Å². The van der Waals surface area contributed by atoms with Crippen LogP contribution in [0, 0.1) is 13.8 Å². The molecule has 2 saturated heterocycles. The molecule has 2 aliphatic heterocycles. The Morgan fingerprint density at radius 3 is 2.44 bits per heavy atom. The first-order valence-corrected chi connectivity index (χ1v) is 10.8. The molecule has 2 heterocycles. The van der Waals surface area contributed by atoms with Crippen LogP contribution in [0.4, 0.5) is 5.69 Å². The van der Waals surface area contributed by atoms with E-state index in [1.807, 2.05) is 0 Å². The SMILES string of the molecule is Cc1cc(C)cc(NC(=S)N2CCC([NH+](C)CC[NH+]3CCOCC3)CC2)c1. The quantitative estimate of drug-likeness (QED) is 0.611. The molecule has 5 nitrogen and oxygen atoms in total. The average Bonchev–Trinajstić information content (AvgIpc) is 2.66. The standard InChI is InChI=1S/C21H34N4OS/c1-17-14-18(2)16-19(15-17)22-21(27)25-6-4-20(5-7-25)23(3)8-9-24-10-12-26-13-11-24/h14-16,20H,4-13H2,1-3H3,(H,22,27)/p+2. The Labute approximate surface area is 169 Å². The second-order valence-electron chi connectivity index (χ2n) is 8.28. The van der Waals surface area contributed by atoms with Crippen LogP contribution in [0.1, 0.15) is 24.0 Å². The number of hydrogen-bond donors (Lipinski definition) is 3. The molecule has 2 fully saturated rings. The zero-order valence-electron chi connectivity index (χ0n) is 17.1. The molecule has 1 aromatic rings. The van der Waals surface area contributed by atoms with Gasteiger partial charge in [0, 0.05) is 31.6 Å². The van der Waals surface area contributed by atoms with E-state index >= 15 is 0 Å². The van der Waals surface area contributed by atoms with Crippen molar-refractivity contribution in [2.75, 3.05) is 64.8 Å². The molecular weight excluding hydrogens is 356 g/mol. The third-order valence-corrected chi connectivity index (χ3v) is 6.39. The molecule has 0 spiro atoms. The first-order valence-electron chi connectivity index (χ1n) is 10.4. The molecular formula is C21H36N4OS+2. The molecule has 0 radical (unpaired) electrons. The number of nitrogens with one attached hydrogen (secondary N) is 3. The minimum atomic E-state index is 0.755. The number of ether oxygens (including phenoxy) is 1. The van der Waals surface area contributed by atoms with Gasteiger partial charge in [-0.15, -0.1) is 0 Å². The number of piperidine rings is 1. The van der Waals surface area contributed by atoms with Crippen LogP contribution in [0.3, 0.4) is 0 Å². The molecule has 0 saturated carbocycles. The lowest BCUT2D eigenvalue weighted by Crippen LogP contribution is -3.21. The van der Waals surface area contributed by atoms with Gasteiger partial charge >= 0.3 is 0 Å². The van der Waals surface area contributed by atoms with Gasteiger partial charge in [0.25, 0.3) is 0 Å². The maximum absolute atomic E-state index is 5.68. The molecule has 1 unspecified atom stereocenters. The van der Waals surface area contributed by atoms with Crippen LogP contribution in [0.2, 0.25) is 0 Å². The van der Waals surface area contributed by atoms with E-state index in [-0.39, 0.29) is 0 Å². The Morgan fingerprint density at radius 1 is 1.19 bits per heavy atom. The minimum Gasteiger partial charge on any atom is -0.370 e. The topological polar surface area (TPSA) is 33.4 Å². The number of quaternary nitrogens is 2. The number of rotatable bonds is 5. The summed E-state index contributed by atoms with van der Waals surface area (Å²) >= 11 is 5.68. The molecule has 0 amide bonds. The van der Waals surface area contributed by atoms with Gasteiger partial charge in [0.15, 0.2) is 5.11 Å². The van der Waals surface area contributed by atoms with Crippen molar-refractivity contribution < 1.29 is 14.5 Å². The van der Waals surface area contributed by atoms with E-state index in [4.69, 9.17) is 17.0 Å². The highest BCUT2D eigenvalue weighted by Crippen LogP contribution is 2.16. The smallest absolute Gasteiger partial charge is 0.173 e. The van der Waals surface area contributed by atoms with Gasteiger partial charge in [-0.2, -0.15) is 0 Å². The molecule has 1 atom stereocenters. The average molecular weight is 393 g/mol. The number of benzene rings is 1. The van der Waals surface area contributed by atoms with Crippen molar-refractivity contribution in [3.63, 3.8) is 0 Å². The van der Waals surface area contributed by atoms with Gasteiger partial charge in [0.05, 0.1) is 26.3 Å². The van der Waals surface area contributed by atoms with E-state index in [0.717, 1.165) is 43.1 Å². The zero-order chi connectivity index (χ0) is 19.2. The van der Waals surface area contributed by atoms with Crippen molar-refractivity contribution >= 4 is 23.0 Å². The van der Waals surface area contributed by atoms with E-state index in [1.54, 1.807) is 9.80 Å². The van der Waals surface area contributed by atoms with E-state index < -0.39 is 0 Å². The van der Waals surface area contributed by atoms with Crippen molar-refractivity contribution in [1.29, 1.82) is 0 Å². The fraction of sp³-hybridized carbons (Fsp3) is 0.667. The number of hydrogen-bond acceptors (Lipinski definition) is 2. The third kappa shape index (κ3) is 6.14. The van der Waals surface area contributed by atoms with Crippen LogP contribution < -0.4 is 15.1 Å². The number of thiocarbonyl (C=S) groups is 1. The second-order valence-corrected chi connectivity index (χ2v) is 8.66. The highest BCUT2D eigenvalue weighted by atomic mass is 32.1. The van der Waals surface area contributed by atoms with Gasteiger partial charge in [-0.25, -0.2) is 0 Å². The van der Waals surface area contributed by atoms with Crippen LogP contribution >= 0.6 is 12.2 Å². The lowest BCUT2D eigenvalue weighted by molar-refractivity contribution is -0.964. The molecule has 3 rings (SSSR count). The fourth-order valence-corrected chi connectivity index (χ4v) is 4.61. The van der Waals surface area contributed by atoms with Gasteiger partial charge in [-0.05, 0) is 49.3 Å². The van der Waals surface area contributed by atoms with Crippen molar-refractivity contribution in [3.05, 3.63) is 29.3 Å². The summed E-state index contributed by atoms with van der Waals surface area (Å²) in [4.78, 5) is 5.72. The molecule has 6 heteroatoms. The van der Waals surface area contributed by atoms with Crippen LogP contribution in [0.5, 0.6) is 0 Å². The Bertz CT molecular complexity index is 604. The monoisotopic (exact) mass is 392 g/mol. The maximum atomic E-state index is 5.68. The van der Waals surface area contributed by atoms with Crippen molar-refractivity contribution in [2.24, 2.45) is 0 Å². The first-order chi connectivity index (χ1) is 13.0. The molecule has 27 heavy (non-hydrogen) atoms. The fourth-order valence-electron chi connectivity index (χ4n) is 4.31. The maximum Gasteiger partial charge on any atom is 0.173 e. The number of likely N-dealkylation sites (N-methyl/N-ethyl adjacent to an activating group) is 1. The van der Waals surface area contributed by atoms with E-state index in [1.165, 1.54) is 50.1 Å². The zero-order valence-corrected chi connectivity index (χ0v) is 18.0. The Morgan fingerprint density at radius 2 is 1.81 bits per heavy atom. The molecule has 0 aromatic heterocycles. The predicted octanol–water partition coefficient (Wildman–Crippen LogP) is -0.106. The van der Waals surface area contributed by atoms with E-state index in [2.05, 4.69) is 49.3 Å². The largest absolute Gasteiger partial charge is 0.370 e. The highest BCUT2D eigenvalue weighted by molar-refractivity contribution is 7.80. The van der Waals surface area contributed by atoms with E-state index in [9.17, 15) is 0 Å². The van der Waals surface area contributed by atoms with Crippen LogP contribution in [0.25, 0.3) is 0 Å². The summed E-state index contributed by atoms with van der Waals surface area (Å²) < 4.78 is 5.46. The predicted molar refractivity (Wildman–Crippen MR) is 115 cm³/mol. The van der Waals surface area contributed by atoms with Crippen LogP contribution in [-0.2, 0) is 4.74 Å². The molecule has 0 aliphatic carbocycles. The number of anilines is 1. The number of aryl methyl sites for hydroxylation is 2. The van der Waals surface area contributed by atoms with E-state index in [0.29, 0.717) is 0 Å². The minimum absolute atomic E-state index is 0.755. The molecule has 2 aliphatic rings. The summed E-state index contributed by atoms with van der Waals surface area (Å²) in [5, 5.41) is 4.31. The molecule has 3 N–H and O–H groups in total. The Hall–Kier alpha value is -1.21. The molecule has 0 bridgehead atoms. The number of morpholine rings is 1. The summed E-state index contributed by atoms with van der Waals surface area (Å²) in [6.45, 7) is 13.1. The van der Waals surface area contributed by atoms with Gasteiger partial charge in [-0.3, -0.25) is 0 Å². The van der Waals surface area contributed by atoms with Crippen molar-refractivity contribution in [3.8, 4) is 0 Å². The summed E-state index contributed by atoms with van der Waals surface area (Å²) in [5.41, 5.74) is 3.65. The summed E-state index contributed by atoms with van der Waals surface area (Å²) in [5.74, 6) is 0. The molecule has 1 aromatic carbocycles. The van der Waals surface area contributed by atoms with Crippen LogP contribution in [-0.4, -0.2) is 75.6 Å².